The second kappa shape index (κ2) is 3.57. The van der Waals surface area contributed by atoms with Crippen LogP contribution in [0.25, 0.3) is 0 Å². The van der Waals surface area contributed by atoms with E-state index in [-0.39, 0.29) is 6.42 Å². The highest BCUT2D eigenvalue weighted by atomic mass is 16.5. The molecular formula is C8H12N2O3. The highest BCUT2D eigenvalue weighted by Crippen LogP contribution is 2.13. The van der Waals surface area contributed by atoms with E-state index in [1.54, 1.807) is 13.8 Å². The minimum Gasteiger partial charge on any atom is -0.480 e. The Hall–Kier alpha value is -1.36. The van der Waals surface area contributed by atoms with Crippen LogP contribution in [0.15, 0.2) is 4.52 Å². The van der Waals surface area contributed by atoms with E-state index in [9.17, 15) is 4.79 Å². The molecule has 0 saturated heterocycles. The fourth-order valence-corrected chi connectivity index (χ4v) is 1.10. The van der Waals surface area contributed by atoms with Crippen molar-refractivity contribution in [3.05, 3.63) is 17.0 Å². The van der Waals surface area contributed by atoms with Gasteiger partial charge in [0.2, 0.25) is 0 Å². The third kappa shape index (κ3) is 2.06. The van der Waals surface area contributed by atoms with Crippen LogP contribution >= 0.6 is 0 Å². The van der Waals surface area contributed by atoms with Gasteiger partial charge in [0.25, 0.3) is 0 Å². The number of carbonyl (C=O) groups is 1. The van der Waals surface area contributed by atoms with Crippen LogP contribution in [0.5, 0.6) is 0 Å². The maximum atomic E-state index is 10.5. The first-order chi connectivity index (χ1) is 6.02. The van der Waals surface area contributed by atoms with Crippen molar-refractivity contribution in [3.63, 3.8) is 0 Å². The number of aliphatic carboxylic acids is 1. The summed E-state index contributed by atoms with van der Waals surface area (Å²) in [5.41, 5.74) is 6.87. The van der Waals surface area contributed by atoms with Crippen molar-refractivity contribution in [3.8, 4) is 0 Å². The summed E-state index contributed by atoms with van der Waals surface area (Å²) in [6.45, 7) is 3.50. The topological polar surface area (TPSA) is 89.4 Å². The molecule has 1 rings (SSSR count). The number of nitrogens with zero attached hydrogens (tertiary/aromatic N) is 1. The minimum atomic E-state index is -1.01. The van der Waals surface area contributed by atoms with Crippen LogP contribution in [-0.2, 0) is 11.2 Å². The van der Waals surface area contributed by atoms with E-state index in [1.807, 2.05) is 0 Å². The van der Waals surface area contributed by atoms with Crippen molar-refractivity contribution in [1.29, 1.82) is 0 Å². The summed E-state index contributed by atoms with van der Waals surface area (Å²) < 4.78 is 4.88. The normalized spacial score (nSPS) is 12.8. The Labute approximate surface area is 75.5 Å². The minimum absolute atomic E-state index is 0.260. The average molecular weight is 184 g/mol. The predicted molar refractivity (Wildman–Crippen MR) is 45.3 cm³/mol. The van der Waals surface area contributed by atoms with Gasteiger partial charge in [-0.2, -0.15) is 0 Å². The lowest BCUT2D eigenvalue weighted by atomic mass is 10.1. The lowest BCUT2D eigenvalue weighted by Gasteiger charge is -2.04. The van der Waals surface area contributed by atoms with Crippen LogP contribution in [0.1, 0.15) is 17.0 Å². The molecule has 0 aliphatic heterocycles. The molecule has 13 heavy (non-hydrogen) atoms. The molecule has 0 aromatic carbocycles. The lowest BCUT2D eigenvalue weighted by Crippen LogP contribution is -2.32. The molecule has 72 valence electrons. The van der Waals surface area contributed by atoms with Crippen molar-refractivity contribution < 1.29 is 14.4 Å². The summed E-state index contributed by atoms with van der Waals surface area (Å²) in [6, 6.07) is -0.892. The molecule has 0 fully saturated rings. The maximum absolute atomic E-state index is 10.5. The molecule has 0 radical (unpaired) electrons. The van der Waals surface area contributed by atoms with Gasteiger partial charge in [-0.05, 0) is 13.8 Å². The molecule has 3 N–H and O–H groups in total. The molecule has 0 saturated carbocycles. The molecule has 5 nitrogen and oxygen atoms in total. The van der Waals surface area contributed by atoms with Crippen LogP contribution in [0, 0.1) is 13.8 Å². The van der Waals surface area contributed by atoms with E-state index in [0.29, 0.717) is 11.5 Å². The number of nitrogens with two attached hydrogens (primary N) is 1. The van der Waals surface area contributed by atoms with Gasteiger partial charge in [-0.25, -0.2) is 0 Å². The Balaban J connectivity index is 2.79. The molecule has 0 amide bonds. The van der Waals surface area contributed by atoms with E-state index < -0.39 is 12.0 Å². The van der Waals surface area contributed by atoms with Crippen molar-refractivity contribution in [2.24, 2.45) is 5.73 Å². The van der Waals surface area contributed by atoms with Crippen molar-refractivity contribution in [1.82, 2.24) is 5.16 Å². The molecule has 1 atom stereocenters. The van der Waals surface area contributed by atoms with Crippen molar-refractivity contribution in [2.75, 3.05) is 0 Å². The number of rotatable bonds is 3. The third-order valence-corrected chi connectivity index (χ3v) is 1.92. The van der Waals surface area contributed by atoms with Crippen LogP contribution in [-0.4, -0.2) is 22.3 Å². The van der Waals surface area contributed by atoms with E-state index in [4.69, 9.17) is 15.4 Å². The fourth-order valence-electron chi connectivity index (χ4n) is 1.10. The Kier molecular flexibility index (Phi) is 2.67. The summed E-state index contributed by atoms with van der Waals surface area (Å²) in [5.74, 6) is -0.380. The highest BCUT2D eigenvalue weighted by Gasteiger charge is 2.17. The molecule has 0 aliphatic rings. The van der Waals surface area contributed by atoms with E-state index in [1.165, 1.54) is 0 Å². The van der Waals surface area contributed by atoms with Gasteiger partial charge in [0.15, 0.2) is 0 Å². The lowest BCUT2D eigenvalue weighted by molar-refractivity contribution is -0.138. The zero-order valence-electron chi connectivity index (χ0n) is 7.57. The SMILES string of the molecule is Cc1noc(C)c1C[C@H](N)C(=O)O. The van der Waals surface area contributed by atoms with Gasteiger partial charge in [0.1, 0.15) is 11.8 Å². The third-order valence-electron chi connectivity index (χ3n) is 1.92. The Morgan fingerprint density at radius 2 is 2.31 bits per heavy atom. The second-order valence-electron chi connectivity index (χ2n) is 2.95. The number of hydrogen-bond donors (Lipinski definition) is 2. The summed E-state index contributed by atoms with van der Waals surface area (Å²) in [4.78, 5) is 10.5. The molecule has 5 heteroatoms. The summed E-state index contributed by atoms with van der Waals surface area (Å²) in [7, 11) is 0. The van der Waals surface area contributed by atoms with Crippen LogP contribution < -0.4 is 5.73 Å². The molecular weight excluding hydrogens is 172 g/mol. The monoisotopic (exact) mass is 184 g/mol. The maximum Gasteiger partial charge on any atom is 0.320 e. The Bertz CT molecular complexity index is 300. The van der Waals surface area contributed by atoms with Gasteiger partial charge in [0, 0.05) is 12.0 Å². The Morgan fingerprint density at radius 1 is 1.69 bits per heavy atom. The first-order valence-electron chi connectivity index (χ1n) is 3.92. The van der Waals surface area contributed by atoms with Gasteiger partial charge in [-0.15, -0.1) is 0 Å². The highest BCUT2D eigenvalue weighted by molar-refractivity contribution is 5.73. The number of aryl methyl sites for hydroxylation is 2. The molecule has 0 aliphatic carbocycles. The van der Waals surface area contributed by atoms with Crippen molar-refractivity contribution in [2.45, 2.75) is 26.3 Å². The van der Waals surface area contributed by atoms with E-state index in [0.717, 1.165) is 5.56 Å². The van der Waals surface area contributed by atoms with E-state index >= 15 is 0 Å². The number of hydrogen-bond acceptors (Lipinski definition) is 4. The zero-order valence-corrected chi connectivity index (χ0v) is 7.57. The summed E-state index contributed by atoms with van der Waals surface area (Å²) >= 11 is 0. The molecule has 1 aromatic heterocycles. The van der Waals surface area contributed by atoms with E-state index in [2.05, 4.69) is 5.16 Å². The smallest absolute Gasteiger partial charge is 0.320 e. The average Bonchev–Trinajstić information content (AvgIpc) is 2.35. The van der Waals surface area contributed by atoms with Gasteiger partial charge in [-0.1, -0.05) is 5.16 Å². The predicted octanol–water partition coefficient (Wildman–Crippen LogP) is 0.246. The number of aromatic nitrogens is 1. The van der Waals surface area contributed by atoms with Gasteiger partial charge < -0.3 is 15.4 Å². The quantitative estimate of drug-likeness (QED) is 0.702. The molecule has 0 unspecified atom stereocenters. The summed E-state index contributed by atoms with van der Waals surface area (Å²) in [6.07, 6.45) is 0.260. The first-order valence-corrected chi connectivity index (χ1v) is 3.92. The fraction of sp³-hybridized carbons (Fsp3) is 0.500. The second-order valence-corrected chi connectivity index (χ2v) is 2.95. The zero-order chi connectivity index (χ0) is 10.0. The van der Waals surface area contributed by atoms with Crippen LogP contribution in [0.4, 0.5) is 0 Å². The molecule has 0 spiro atoms. The van der Waals surface area contributed by atoms with Gasteiger partial charge in [-0.3, -0.25) is 4.79 Å². The Morgan fingerprint density at radius 3 is 2.69 bits per heavy atom. The largest absolute Gasteiger partial charge is 0.480 e. The first kappa shape index (κ1) is 9.73. The molecule has 1 heterocycles. The van der Waals surface area contributed by atoms with Gasteiger partial charge >= 0.3 is 5.97 Å². The molecule has 0 bridgehead atoms. The van der Waals surface area contributed by atoms with Gasteiger partial charge in [0.05, 0.1) is 5.69 Å². The number of carboxylic acid groups (broad SMARTS) is 1. The van der Waals surface area contributed by atoms with Crippen LogP contribution in [0.3, 0.4) is 0 Å². The van der Waals surface area contributed by atoms with Crippen molar-refractivity contribution >= 4 is 5.97 Å². The standard InChI is InChI=1S/C8H12N2O3/c1-4-6(5(2)13-10-4)3-7(9)8(11)12/h7H,3,9H2,1-2H3,(H,11,12)/t7-/m0/s1. The van der Waals surface area contributed by atoms with Crippen LogP contribution in [0.2, 0.25) is 0 Å². The summed E-state index contributed by atoms with van der Waals surface area (Å²) in [5, 5.41) is 12.3. The number of carboxylic acids is 1. The molecule has 1 aromatic rings.